The van der Waals surface area contributed by atoms with Crippen LogP contribution in [0.1, 0.15) is 34.8 Å². The van der Waals surface area contributed by atoms with Crippen LogP contribution < -0.4 is 9.46 Å². The largest absolute Gasteiger partial charge is 0.496 e. The van der Waals surface area contributed by atoms with E-state index in [4.69, 9.17) is 16.3 Å². The second-order valence-electron chi connectivity index (χ2n) is 8.55. The summed E-state index contributed by atoms with van der Waals surface area (Å²) in [6.45, 7) is 0. The van der Waals surface area contributed by atoms with Crippen LogP contribution in [0, 0.1) is 0 Å². The van der Waals surface area contributed by atoms with Crippen molar-refractivity contribution in [1.82, 2.24) is 4.90 Å². The molecule has 8 nitrogen and oxygen atoms in total. The van der Waals surface area contributed by atoms with Crippen LogP contribution in [0.15, 0.2) is 66.7 Å². The molecule has 2 N–H and O–H groups in total. The van der Waals surface area contributed by atoms with Gasteiger partial charge in [0, 0.05) is 22.2 Å². The van der Waals surface area contributed by atoms with Crippen LogP contribution in [0.4, 0.5) is 5.69 Å². The van der Waals surface area contributed by atoms with Gasteiger partial charge in [-0.15, -0.1) is 0 Å². The number of likely N-dealkylation sites (tertiary alicyclic amines) is 1. The summed E-state index contributed by atoms with van der Waals surface area (Å²) in [5.74, 6) is -0.995. The molecule has 1 heterocycles. The van der Waals surface area contributed by atoms with Gasteiger partial charge in [0.2, 0.25) is 10.0 Å². The summed E-state index contributed by atoms with van der Waals surface area (Å²) >= 11 is 6.38. The van der Waals surface area contributed by atoms with Crippen LogP contribution in [-0.4, -0.2) is 49.7 Å². The van der Waals surface area contributed by atoms with Crippen LogP contribution in [-0.2, 0) is 14.8 Å². The minimum absolute atomic E-state index is 0.333. The molecule has 188 valence electrons. The van der Waals surface area contributed by atoms with Gasteiger partial charge in [0.15, 0.2) is 0 Å². The van der Waals surface area contributed by atoms with Crippen molar-refractivity contribution in [2.45, 2.75) is 24.9 Å². The quantitative estimate of drug-likeness (QED) is 0.454. The molecule has 0 aliphatic carbocycles. The summed E-state index contributed by atoms with van der Waals surface area (Å²) < 4.78 is 30.9. The number of methoxy groups -OCH3 is 1. The highest BCUT2D eigenvalue weighted by molar-refractivity contribution is 7.92. The molecule has 0 unspecified atom stereocenters. The molecule has 10 heteroatoms. The number of halogens is 1. The molecule has 0 radical (unpaired) electrons. The number of hydrogen-bond acceptors (Lipinski definition) is 5. The number of carboxylic acid groups (broad SMARTS) is 1. The number of nitrogens with one attached hydrogen (secondary N) is 1. The highest BCUT2D eigenvalue weighted by Crippen LogP contribution is 2.40. The lowest BCUT2D eigenvalue weighted by Gasteiger charge is -2.29. The molecule has 0 aromatic heterocycles. The summed E-state index contributed by atoms with van der Waals surface area (Å²) in [4.78, 5) is 26.9. The Bertz CT molecular complexity index is 1410. The van der Waals surface area contributed by atoms with E-state index in [2.05, 4.69) is 4.72 Å². The van der Waals surface area contributed by atoms with E-state index in [0.29, 0.717) is 40.4 Å². The minimum atomic E-state index is -3.44. The molecule has 1 saturated heterocycles. The predicted octanol–water partition coefficient (Wildman–Crippen LogP) is 4.82. The third-order valence-corrected chi connectivity index (χ3v) is 7.07. The van der Waals surface area contributed by atoms with Gasteiger partial charge >= 0.3 is 5.97 Å². The molecule has 2 atom stereocenters. The molecule has 0 spiro atoms. The zero-order valence-electron chi connectivity index (χ0n) is 19.6. The Kier molecular flexibility index (Phi) is 7.23. The van der Waals surface area contributed by atoms with Gasteiger partial charge in [-0.05, 0) is 54.3 Å². The molecule has 4 rings (SSSR count). The fourth-order valence-corrected chi connectivity index (χ4v) is 5.35. The molecular weight excluding hydrogens is 504 g/mol. The number of aliphatic carboxylic acids is 1. The number of amides is 1. The van der Waals surface area contributed by atoms with Crippen molar-refractivity contribution >= 4 is 39.2 Å². The zero-order chi connectivity index (χ0) is 26.0. The second kappa shape index (κ2) is 10.2. The average molecular weight is 529 g/mol. The lowest BCUT2D eigenvalue weighted by atomic mass is 10.0. The molecule has 1 fully saturated rings. The van der Waals surface area contributed by atoms with Gasteiger partial charge in [-0.2, -0.15) is 0 Å². The maximum atomic E-state index is 13.5. The number of sulfonamides is 1. The Morgan fingerprint density at radius 1 is 1.06 bits per heavy atom. The molecular formula is C26H25ClN2O6S. The summed E-state index contributed by atoms with van der Waals surface area (Å²) in [5.41, 5.74) is 2.88. The first-order valence-corrected chi connectivity index (χ1v) is 13.4. The molecule has 0 saturated carbocycles. The Morgan fingerprint density at radius 2 is 1.75 bits per heavy atom. The van der Waals surface area contributed by atoms with Crippen LogP contribution in [0.2, 0.25) is 5.02 Å². The normalized spacial score (nSPS) is 17.6. The van der Waals surface area contributed by atoms with Crippen molar-refractivity contribution in [2.75, 3.05) is 18.1 Å². The van der Waals surface area contributed by atoms with Gasteiger partial charge < -0.3 is 14.7 Å². The van der Waals surface area contributed by atoms with Crippen LogP contribution >= 0.6 is 11.6 Å². The first kappa shape index (κ1) is 25.5. The van der Waals surface area contributed by atoms with Gasteiger partial charge in [-0.1, -0.05) is 41.9 Å². The first-order valence-electron chi connectivity index (χ1n) is 11.1. The van der Waals surface area contributed by atoms with E-state index in [-0.39, 0.29) is 0 Å². The van der Waals surface area contributed by atoms with E-state index in [9.17, 15) is 23.1 Å². The second-order valence-corrected chi connectivity index (χ2v) is 10.7. The van der Waals surface area contributed by atoms with Crippen molar-refractivity contribution in [1.29, 1.82) is 0 Å². The van der Waals surface area contributed by atoms with E-state index in [1.54, 1.807) is 54.6 Å². The van der Waals surface area contributed by atoms with Gasteiger partial charge in [0.05, 0.1) is 25.1 Å². The lowest BCUT2D eigenvalue weighted by molar-refractivity contribution is -0.141. The predicted molar refractivity (Wildman–Crippen MR) is 138 cm³/mol. The van der Waals surface area contributed by atoms with E-state index in [0.717, 1.165) is 17.4 Å². The highest BCUT2D eigenvalue weighted by atomic mass is 35.5. The Hall–Kier alpha value is -3.56. The van der Waals surface area contributed by atoms with Gasteiger partial charge in [0.1, 0.15) is 11.8 Å². The topological polar surface area (TPSA) is 113 Å². The highest BCUT2D eigenvalue weighted by Gasteiger charge is 2.42. The van der Waals surface area contributed by atoms with Crippen molar-refractivity contribution in [3.8, 4) is 16.9 Å². The fraction of sp³-hybridized carbons (Fsp3) is 0.231. The maximum absolute atomic E-state index is 13.5. The van der Waals surface area contributed by atoms with Crippen LogP contribution in [0.5, 0.6) is 5.75 Å². The number of ether oxygens (including phenoxy) is 1. The van der Waals surface area contributed by atoms with Crippen LogP contribution in [0.25, 0.3) is 11.1 Å². The third-order valence-electron chi connectivity index (χ3n) is 6.12. The number of hydrogen-bond donors (Lipinski definition) is 2. The number of nitrogens with zero attached hydrogens (tertiary/aromatic N) is 1. The van der Waals surface area contributed by atoms with Gasteiger partial charge in [-0.25, -0.2) is 13.2 Å². The standard InChI is InChI=1S/C26H25ClN2O6S/c1-35-24-15-18(28-36(2,33)34)11-12-19(24)16-7-9-17(10-8-16)25(30)29-22(13-14-23(29)26(31)32)20-5-3-4-6-21(20)27/h3-12,15,22-23,28H,13-14H2,1-2H3,(H,31,32)/t22-,23+/m1/s1. The van der Waals surface area contributed by atoms with Crippen molar-refractivity contribution in [3.05, 3.63) is 82.9 Å². The minimum Gasteiger partial charge on any atom is -0.496 e. The molecule has 36 heavy (non-hydrogen) atoms. The number of carbonyl (C=O) groups is 2. The summed E-state index contributed by atoms with van der Waals surface area (Å²) in [7, 11) is -1.96. The SMILES string of the molecule is COc1cc(NS(C)(=O)=O)ccc1-c1ccc(C(=O)N2[C@@H](c3ccccc3Cl)CC[C@H]2C(=O)O)cc1. The Morgan fingerprint density at radius 3 is 2.36 bits per heavy atom. The number of carbonyl (C=O) groups excluding carboxylic acids is 1. The summed E-state index contributed by atoms with van der Waals surface area (Å²) in [6, 6.07) is 17.4. The molecule has 3 aromatic rings. The first-order chi connectivity index (χ1) is 17.1. The third kappa shape index (κ3) is 5.32. The molecule has 1 aliphatic heterocycles. The Labute approximate surface area is 214 Å². The van der Waals surface area contributed by atoms with Gasteiger partial charge in [0.25, 0.3) is 5.91 Å². The van der Waals surface area contributed by atoms with E-state index < -0.39 is 34.0 Å². The van der Waals surface area contributed by atoms with Crippen molar-refractivity contribution in [3.63, 3.8) is 0 Å². The monoisotopic (exact) mass is 528 g/mol. The van der Waals surface area contributed by atoms with Crippen LogP contribution in [0.3, 0.4) is 0 Å². The molecule has 0 bridgehead atoms. The number of carboxylic acids is 1. The number of rotatable bonds is 7. The average Bonchev–Trinajstić information content (AvgIpc) is 3.28. The molecule has 1 aliphatic rings. The lowest BCUT2D eigenvalue weighted by Crippen LogP contribution is -2.41. The van der Waals surface area contributed by atoms with Gasteiger partial charge in [-0.3, -0.25) is 9.52 Å². The van der Waals surface area contributed by atoms with E-state index in [1.165, 1.54) is 12.0 Å². The smallest absolute Gasteiger partial charge is 0.326 e. The number of benzene rings is 3. The fourth-order valence-electron chi connectivity index (χ4n) is 4.54. The summed E-state index contributed by atoms with van der Waals surface area (Å²) in [5, 5.41) is 10.3. The van der Waals surface area contributed by atoms with E-state index in [1.807, 2.05) is 12.1 Å². The Balaban J connectivity index is 1.64. The molecule has 1 amide bonds. The van der Waals surface area contributed by atoms with Crippen molar-refractivity contribution < 1.29 is 27.9 Å². The number of anilines is 1. The molecule has 3 aromatic carbocycles. The van der Waals surface area contributed by atoms with E-state index >= 15 is 0 Å². The summed E-state index contributed by atoms with van der Waals surface area (Å²) in [6.07, 6.45) is 1.89. The maximum Gasteiger partial charge on any atom is 0.326 e. The zero-order valence-corrected chi connectivity index (χ0v) is 21.2. The van der Waals surface area contributed by atoms with Crippen molar-refractivity contribution in [2.24, 2.45) is 0 Å².